The lowest BCUT2D eigenvalue weighted by atomic mass is 10.5. The summed E-state index contributed by atoms with van der Waals surface area (Å²) >= 11 is 0. The van der Waals surface area contributed by atoms with Crippen molar-refractivity contribution < 1.29 is 4.79 Å². The summed E-state index contributed by atoms with van der Waals surface area (Å²) in [5.41, 5.74) is 4.84. The van der Waals surface area contributed by atoms with Gasteiger partial charge in [-0.3, -0.25) is 19.6 Å². The Bertz CT molecular complexity index is 383. The van der Waals surface area contributed by atoms with Gasteiger partial charge in [-0.1, -0.05) is 0 Å². The highest BCUT2D eigenvalue weighted by Gasteiger charge is 2.14. The number of nitrogens with one attached hydrogen (secondary N) is 2. The van der Waals surface area contributed by atoms with E-state index in [1.165, 1.54) is 16.8 Å². The first kappa shape index (κ1) is 6.99. The van der Waals surface area contributed by atoms with Crippen LogP contribution in [0.5, 0.6) is 0 Å². The van der Waals surface area contributed by atoms with E-state index in [0.29, 0.717) is 0 Å². The molecule has 0 aliphatic carbocycles. The molecule has 0 saturated carbocycles. The number of carbonyl (C=O) groups excluding carboxylic acids is 1. The second kappa shape index (κ2) is 2.42. The minimum Gasteiger partial charge on any atom is -0.290 e. The van der Waals surface area contributed by atoms with Crippen molar-refractivity contribution in [1.82, 2.24) is 15.0 Å². The lowest BCUT2D eigenvalue weighted by molar-refractivity contribution is 0.0906. The Morgan fingerprint density at radius 1 is 1.50 bits per heavy atom. The van der Waals surface area contributed by atoms with Gasteiger partial charge < -0.3 is 0 Å². The summed E-state index contributed by atoms with van der Waals surface area (Å²) in [6.07, 6.45) is 1.40. The van der Waals surface area contributed by atoms with Crippen LogP contribution in [0.1, 0.15) is 4.79 Å². The molecule has 62 valence electrons. The molecule has 0 aromatic carbocycles. The minimum atomic E-state index is -0.370. The molecule has 6 nitrogen and oxygen atoms in total. The fraction of sp³-hybridized carbons (Fsp3) is 0.167. The van der Waals surface area contributed by atoms with Crippen LogP contribution in [0.2, 0.25) is 0 Å². The van der Waals surface area contributed by atoms with Gasteiger partial charge >= 0.3 is 0 Å². The van der Waals surface area contributed by atoms with E-state index in [1.54, 1.807) is 0 Å². The Morgan fingerprint density at radius 2 is 2.33 bits per heavy atom. The van der Waals surface area contributed by atoms with Crippen molar-refractivity contribution in [2.75, 3.05) is 12.0 Å². The molecule has 0 unspecified atom stereocenters. The molecule has 2 heterocycles. The van der Waals surface area contributed by atoms with Crippen LogP contribution >= 0.6 is 0 Å². The van der Waals surface area contributed by atoms with Crippen molar-refractivity contribution in [3.05, 3.63) is 22.6 Å². The van der Waals surface area contributed by atoms with Gasteiger partial charge in [0.25, 0.3) is 5.56 Å². The third-order valence-corrected chi connectivity index (χ3v) is 1.52. The lowest BCUT2D eigenvalue weighted by Crippen LogP contribution is -2.40. The van der Waals surface area contributed by atoms with Crippen LogP contribution in [-0.4, -0.2) is 22.0 Å². The molecule has 1 aliphatic rings. The van der Waals surface area contributed by atoms with Gasteiger partial charge in [-0.2, -0.15) is 4.98 Å². The summed E-state index contributed by atoms with van der Waals surface area (Å²) in [4.78, 5) is 25.4. The minimum absolute atomic E-state index is 0.142. The van der Waals surface area contributed by atoms with E-state index in [4.69, 9.17) is 0 Å². The van der Waals surface area contributed by atoms with Crippen LogP contribution in [0.3, 0.4) is 0 Å². The smallest absolute Gasteiger partial charge is 0.274 e. The summed E-state index contributed by atoms with van der Waals surface area (Å²) in [5, 5.41) is 0. The number of carbonyl (C=O) groups is 1. The van der Waals surface area contributed by atoms with Crippen molar-refractivity contribution in [2.24, 2.45) is 0 Å². The summed E-state index contributed by atoms with van der Waals surface area (Å²) in [5.74, 6) is 0.0926. The average Bonchev–Trinajstić information content (AvgIpc) is 2.04. The molecule has 0 atom stereocenters. The van der Waals surface area contributed by atoms with E-state index in [1.807, 2.05) is 0 Å². The number of aromatic nitrogens is 2. The van der Waals surface area contributed by atoms with Crippen LogP contribution in [0.25, 0.3) is 0 Å². The van der Waals surface area contributed by atoms with E-state index >= 15 is 0 Å². The zero-order valence-electron chi connectivity index (χ0n) is 6.07. The van der Waals surface area contributed by atoms with Gasteiger partial charge in [0, 0.05) is 12.3 Å². The van der Waals surface area contributed by atoms with Crippen molar-refractivity contribution in [2.45, 2.75) is 0 Å². The van der Waals surface area contributed by atoms with Crippen molar-refractivity contribution in [3.8, 4) is 0 Å². The molecule has 2 N–H and O–H groups in total. The van der Waals surface area contributed by atoms with Gasteiger partial charge in [0.2, 0.25) is 11.9 Å². The van der Waals surface area contributed by atoms with Crippen LogP contribution < -0.4 is 16.4 Å². The van der Waals surface area contributed by atoms with Gasteiger partial charge in [-0.15, -0.1) is 0 Å². The highest BCUT2D eigenvalue weighted by Crippen LogP contribution is 2.01. The molecular weight excluding hydrogens is 160 g/mol. The first-order valence-electron chi connectivity index (χ1n) is 3.39. The van der Waals surface area contributed by atoms with E-state index < -0.39 is 0 Å². The van der Waals surface area contributed by atoms with Crippen LogP contribution in [0, 0.1) is 0 Å². The van der Waals surface area contributed by atoms with Crippen molar-refractivity contribution in [1.29, 1.82) is 0 Å². The molecule has 6 heteroatoms. The first-order valence-corrected chi connectivity index (χ1v) is 3.39. The number of hydrogen-bond acceptors (Lipinski definition) is 5. The van der Waals surface area contributed by atoms with Crippen LogP contribution in [-0.2, 0) is 0 Å². The number of hydrogen-bond donors (Lipinski definition) is 2. The molecule has 0 spiro atoms. The Morgan fingerprint density at radius 3 is 3.17 bits per heavy atom. The second-order valence-electron chi connectivity index (χ2n) is 2.33. The maximum Gasteiger partial charge on any atom is 0.274 e. The molecule has 12 heavy (non-hydrogen) atoms. The van der Waals surface area contributed by atoms with Gasteiger partial charge in [-0.05, 0) is 0 Å². The fourth-order valence-electron chi connectivity index (χ4n) is 0.978. The molecule has 0 amide bonds. The predicted octanol–water partition coefficient (Wildman–Crippen LogP) is -1.19. The third-order valence-electron chi connectivity index (χ3n) is 1.52. The normalized spacial score (nSPS) is 15.2. The van der Waals surface area contributed by atoms with E-state index in [9.17, 15) is 9.59 Å². The Balaban J connectivity index is 2.60. The monoisotopic (exact) mass is 166 g/mol. The quantitative estimate of drug-likeness (QED) is 0.507. The van der Waals surface area contributed by atoms with Crippen molar-refractivity contribution >= 4 is 11.9 Å². The highest BCUT2D eigenvalue weighted by molar-refractivity contribution is 5.84. The van der Waals surface area contributed by atoms with Gasteiger partial charge in [0.15, 0.2) is 0 Å². The predicted molar refractivity (Wildman–Crippen MR) is 40.7 cm³/mol. The van der Waals surface area contributed by atoms with Gasteiger partial charge in [-0.25, -0.2) is 5.43 Å². The molecule has 0 bridgehead atoms. The number of nitrogens with zero attached hydrogens (tertiary/aromatic N) is 2. The summed E-state index contributed by atoms with van der Waals surface area (Å²) < 4.78 is 1.29. The maximum absolute atomic E-state index is 11.1. The molecule has 2 rings (SSSR count). The van der Waals surface area contributed by atoms with E-state index in [-0.39, 0.29) is 24.0 Å². The van der Waals surface area contributed by atoms with Gasteiger partial charge in [0.05, 0.1) is 6.54 Å². The molecule has 1 aromatic heterocycles. The number of hydrazine groups is 1. The zero-order chi connectivity index (χ0) is 8.55. The molecule has 0 saturated heterocycles. The maximum atomic E-state index is 11.1. The number of anilines is 1. The molecule has 0 radical (unpaired) electrons. The Labute approximate surface area is 67.2 Å². The molecular formula is C6H6N4O2. The molecule has 1 aromatic rings. The van der Waals surface area contributed by atoms with Crippen LogP contribution in [0.15, 0.2) is 17.1 Å². The lowest BCUT2D eigenvalue weighted by Gasteiger charge is -2.17. The summed E-state index contributed by atoms with van der Waals surface area (Å²) in [6.45, 7) is 0.192. The van der Waals surface area contributed by atoms with E-state index in [2.05, 4.69) is 15.8 Å². The zero-order valence-corrected chi connectivity index (χ0v) is 6.07. The highest BCUT2D eigenvalue weighted by atomic mass is 16.2. The first-order chi connectivity index (χ1) is 5.77. The topological polar surface area (TPSA) is 76.0 Å². The number of fused-ring (bicyclic) bond motifs is 1. The largest absolute Gasteiger partial charge is 0.290 e. The van der Waals surface area contributed by atoms with E-state index in [0.717, 1.165) is 0 Å². The standard InChI is InChI=1S/C6H6N4O2/c11-4-1-2-10-5(12)3-7-9-6(10)8-4/h1-2,7H,3H2,(H,8,9,11). The van der Waals surface area contributed by atoms with Crippen molar-refractivity contribution in [3.63, 3.8) is 0 Å². The Kier molecular flexibility index (Phi) is 1.41. The Hall–Kier alpha value is -1.69. The summed E-state index contributed by atoms with van der Waals surface area (Å²) in [6, 6.07) is 1.24. The fourth-order valence-corrected chi connectivity index (χ4v) is 0.978. The third kappa shape index (κ3) is 0.978. The molecule has 1 aliphatic heterocycles. The summed E-state index contributed by atoms with van der Waals surface area (Å²) in [7, 11) is 0. The SMILES string of the molecule is O=C1CNNc2nc(=O)ccn21. The molecule has 0 fully saturated rings. The van der Waals surface area contributed by atoms with Gasteiger partial charge in [0.1, 0.15) is 0 Å². The second-order valence-corrected chi connectivity index (χ2v) is 2.33. The average molecular weight is 166 g/mol. The van der Waals surface area contributed by atoms with Crippen LogP contribution in [0.4, 0.5) is 5.95 Å². The number of rotatable bonds is 0.